The Morgan fingerprint density at radius 2 is 1.76 bits per heavy atom. The summed E-state index contributed by atoms with van der Waals surface area (Å²) in [5, 5.41) is 28.1. The van der Waals surface area contributed by atoms with Crippen LogP contribution in [0.25, 0.3) is 0 Å². The summed E-state index contributed by atoms with van der Waals surface area (Å²) in [5.41, 5.74) is 0.292. The van der Waals surface area contributed by atoms with Crippen LogP contribution < -0.4 is 4.74 Å². The first-order valence-corrected chi connectivity index (χ1v) is 9.29. The maximum absolute atomic E-state index is 11.3. The van der Waals surface area contributed by atoms with Crippen molar-refractivity contribution in [3.63, 3.8) is 0 Å². The lowest BCUT2D eigenvalue weighted by Gasteiger charge is -2.14. The van der Waals surface area contributed by atoms with E-state index in [1.807, 2.05) is 30.3 Å². The Hall–Kier alpha value is -3.12. The molecule has 29 heavy (non-hydrogen) atoms. The zero-order chi connectivity index (χ0) is 21.6. The molecule has 6 nitrogen and oxygen atoms in total. The van der Waals surface area contributed by atoms with Crippen LogP contribution in [0.1, 0.15) is 65.0 Å². The van der Waals surface area contributed by atoms with E-state index in [-0.39, 0.29) is 23.7 Å². The summed E-state index contributed by atoms with van der Waals surface area (Å²) in [6, 6.07) is 11.8. The quantitative estimate of drug-likeness (QED) is 0.538. The van der Waals surface area contributed by atoms with Crippen molar-refractivity contribution in [1.82, 2.24) is 0 Å². The fourth-order valence-electron chi connectivity index (χ4n) is 2.82. The van der Waals surface area contributed by atoms with Crippen molar-refractivity contribution in [1.29, 1.82) is 0 Å². The number of carbonyl (C=O) groups is 2. The molecule has 0 saturated carbocycles. The predicted octanol–water partition coefficient (Wildman–Crippen LogP) is 4.48. The molecule has 2 rings (SSSR count). The van der Waals surface area contributed by atoms with Gasteiger partial charge in [0.05, 0.1) is 16.7 Å². The van der Waals surface area contributed by atoms with Crippen molar-refractivity contribution in [2.24, 2.45) is 0 Å². The number of carboxylic acids is 2. The fraction of sp³-hybridized carbons (Fsp3) is 0.304. The Morgan fingerprint density at radius 3 is 2.38 bits per heavy atom. The highest BCUT2D eigenvalue weighted by molar-refractivity contribution is 6.01. The van der Waals surface area contributed by atoms with Gasteiger partial charge in [0.15, 0.2) is 0 Å². The van der Waals surface area contributed by atoms with Gasteiger partial charge in [0.2, 0.25) is 0 Å². The highest BCUT2D eigenvalue weighted by atomic mass is 16.5. The van der Waals surface area contributed by atoms with Crippen LogP contribution in [0.4, 0.5) is 0 Å². The molecule has 0 aliphatic rings. The normalized spacial score (nSPS) is 12.7. The third kappa shape index (κ3) is 6.76. The highest BCUT2D eigenvalue weighted by Gasteiger charge is 2.16. The summed E-state index contributed by atoms with van der Waals surface area (Å²) in [4.78, 5) is 22.4. The van der Waals surface area contributed by atoms with E-state index in [0.717, 1.165) is 12.0 Å². The number of ether oxygens (including phenoxy) is 1. The molecule has 0 saturated heterocycles. The second kappa shape index (κ2) is 9.39. The Balaban J connectivity index is 2.07. The third-order valence-corrected chi connectivity index (χ3v) is 4.39. The molecular formula is C23H26O6. The van der Waals surface area contributed by atoms with Crippen LogP contribution >= 0.6 is 0 Å². The van der Waals surface area contributed by atoms with Crippen molar-refractivity contribution in [3.05, 3.63) is 76.9 Å². The molecule has 0 spiro atoms. The molecule has 2 aromatic rings. The Bertz CT molecular complexity index is 908. The minimum absolute atomic E-state index is 0.122. The minimum Gasteiger partial charge on any atom is -0.489 e. The molecular weight excluding hydrogens is 372 g/mol. The number of hydrogen-bond donors (Lipinski definition) is 3. The Labute approximate surface area is 170 Å². The van der Waals surface area contributed by atoms with Gasteiger partial charge in [0, 0.05) is 0 Å². The van der Waals surface area contributed by atoms with E-state index in [4.69, 9.17) is 9.84 Å². The number of carboxylic acid groups (broad SMARTS) is 2. The number of allylic oxidation sites excluding steroid dienone is 1. The molecule has 2 aromatic carbocycles. The van der Waals surface area contributed by atoms with Gasteiger partial charge in [-0.2, -0.15) is 0 Å². The van der Waals surface area contributed by atoms with Gasteiger partial charge in [-0.15, -0.1) is 0 Å². The van der Waals surface area contributed by atoms with Crippen molar-refractivity contribution in [2.45, 2.75) is 45.3 Å². The molecule has 0 aliphatic heterocycles. The zero-order valence-electron chi connectivity index (χ0n) is 16.8. The first-order valence-electron chi connectivity index (χ1n) is 9.29. The van der Waals surface area contributed by atoms with Crippen LogP contribution in [0, 0.1) is 0 Å². The predicted molar refractivity (Wildman–Crippen MR) is 110 cm³/mol. The fourth-order valence-corrected chi connectivity index (χ4v) is 2.82. The zero-order valence-corrected chi connectivity index (χ0v) is 16.8. The molecule has 0 bridgehead atoms. The average molecular weight is 398 g/mol. The van der Waals surface area contributed by atoms with Crippen LogP contribution in [0.15, 0.2) is 54.6 Å². The van der Waals surface area contributed by atoms with Crippen molar-refractivity contribution < 1.29 is 29.6 Å². The number of hydrogen-bond acceptors (Lipinski definition) is 4. The lowest BCUT2D eigenvalue weighted by molar-refractivity contribution is 0.0651. The lowest BCUT2D eigenvalue weighted by atomic mass is 9.96. The number of rotatable bonds is 9. The van der Waals surface area contributed by atoms with Gasteiger partial charge in [-0.25, -0.2) is 9.59 Å². The smallest absolute Gasteiger partial charge is 0.336 e. The SMILES string of the molecule is CC(CC=CC(C)(C)O)c1cccc(OCc2ccc(C(=O)O)c(C(=O)O)c2)c1. The van der Waals surface area contributed by atoms with Gasteiger partial charge in [-0.3, -0.25) is 0 Å². The van der Waals surface area contributed by atoms with Gasteiger partial charge < -0.3 is 20.1 Å². The van der Waals surface area contributed by atoms with Crippen LogP contribution in [0.5, 0.6) is 5.75 Å². The topological polar surface area (TPSA) is 104 Å². The summed E-state index contributed by atoms with van der Waals surface area (Å²) in [7, 11) is 0. The minimum atomic E-state index is -1.29. The maximum atomic E-state index is 11.3. The van der Waals surface area contributed by atoms with Crippen LogP contribution in [-0.2, 0) is 6.61 Å². The number of aliphatic hydroxyl groups is 1. The molecule has 1 unspecified atom stereocenters. The van der Waals surface area contributed by atoms with E-state index in [2.05, 4.69) is 6.92 Å². The molecule has 6 heteroatoms. The molecule has 0 aliphatic carbocycles. The van der Waals surface area contributed by atoms with Crippen molar-refractivity contribution in [2.75, 3.05) is 0 Å². The summed E-state index contributed by atoms with van der Waals surface area (Å²) >= 11 is 0. The van der Waals surface area contributed by atoms with Crippen LogP contribution in [0.3, 0.4) is 0 Å². The summed E-state index contributed by atoms with van der Waals surface area (Å²) in [6.45, 7) is 5.65. The Morgan fingerprint density at radius 1 is 1.07 bits per heavy atom. The first-order chi connectivity index (χ1) is 13.6. The van der Waals surface area contributed by atoms with E-state index in [1.54, 1.807) is 26.0 Å². The van der Waals surface area contributed by atoms with Gasteiger partial charge >= 0.3 is 11.9 Å². The van der Waals surface area contributed by atoms with Gasteiger partial charge in [-0.1, -0.05) is 37.3 Å². The molecule has 0 aromatic heterocycles. The standard InChI is InChI=1S/C23H26O6/c1-15(6-5-11-23(2,3)28)17-7-4-8-18(13-17)29-14-16-9-10-19(21(24)25)20(12-16)22(26)27/h4-5,7-13,15,28H,6,14H2,1-3H3,(H,24,25)(H,26,27). The highest BCUT2D eigenvalue weighted by Crippen LogP contribution is 2.25. The molecule has 0 fully saturated rings. The van der Waals surface area contributed by atoms with E-state index in [0.29, 0.717) is 11.3 Å². The van der Waals surface area contributed by atoms with E-state index in [9.17, 15) is 19.8 Å². The van der Waals surface area contributed by atoms with Crippen molar-refractivity contribution in [3.8, 4) is 5.75 Å². The number of benzene rings is 2. The van der Waals surface area contributed by atoms with Gasteiger partial charge in [-0.05, 0) is 61.6 Å². The first kappa shape index (κ1) is 22.2. The monoisotopic (exact) mass is 398 g/mol. The molecule has 0 amide bonds. The summed E-state index contributed by atoms with van der Waals surface area (Å²) in [5.74, 6) is -1.71. The second-order valence-corrected chi connectivity index (χ2v) is 7.54. The summed E-state index contributed by atoms with van der Waals surface area (Å²) in [6.07, 6.45) is 4.49. The van der Waals surface area contributed by atoms with Crippen LogP contribution in [0.2, 0.25) is 0 Å². The lowest BCUT2D eigenvalue weighted by Crippen LogP contribution is -2.13. The van der Waals surface area contributed by atoms with E-state index < -0.39 is 17.5 Å². The second-order valence-electron chi connectivity index (χ2n) is 7.54. The summed E-state index contributed by atoms with van der Waals surface area (Å²) < 4.78 is 5.78. The van der Waals surface area contributed by atoms with Gasteiger partial charge in [0.25, 0.3) is 0 Å². The maximum Gasteiger partial charge on any atom is 0.336 e. The molecule has 154 valence electrons. The van der Waals surface area contributed by atoms with Gasteiger partial charge in [0.1, 0.15) is 12.4 Å². The average Bonchev–Trinajstić information content (AvgIpc) is 2.65. The largest absolute Gasteiger partial charge is 0.489 e. The number of aromatic carboxylic acids is 2. The van der Waals surface area contributed by atoms with E-state index >= 15 is 0 Å². The molecule has 3 N–H and O–H groups in total. The molecule has 1 atom stereocenters. The Kier molecular flexibility index (Phi) is 7.18. The third-order valence-electron chi connectivity index (χ3n) is 4.39. The van der Waals surface area contributed by atoms with E-state index in [1.165, 1.54) is 12.1 Å². The van der Waals surface area contributed by atoms with Crippen LogP contribution in [-0.4, -0.2) is 32.9 Å². The van der Waals surface area contributed by atoms with Crippen molar-refractivity contribution >= 4 is 11.9 Å². The molecule has 0 radical (unpaired) electrons. The molecule has 0 heterocycles.